The van der Waals surface area contributed by atoms with Gasteiger partial charge in [-0.3, -0.25) is 0 Å². The summed E-state index contributed by atoms with van der Waals surface area (Å²) in [6.07, 6.45) is 5.95. The molecule has 0 atom stereocenters. The van der Waals surface area contributed by atoms with Crippen molar-refractivity contribution in [1.29, 1.82) is 0 Å². The summed E-state index contributed by atoms with van der Waals surface area (Å²) in [6, 6.07) is 11.8. The normalized spacial score (nSPS) is 18.1. The van der Waals surface area contributed by atoms with Crippen LogP contribution in [0.2, 0.25) is 5.15 Å². The minimum Gasteiger partial charge on any atom is -0.493 e. The Labute approximate surface area is 162 Å². The molecule has 2 aromatic heterocycles. The number of nitrogens with zero attached hydrogens (tertiary/aromatic N) is 2. The molecule has 2 aliphatic rings. The molecule has 27 heavy (non-hydrogen) atoms. The highest BCUT2D eigenvalue weighted by atomic mass is 35.5. The van der Waals surface area contributed by atoms with Gasteiger partial charge in [0.1, 0.15) is 16.7 Å². The maximum Gasteiger partial charge on any atom is 0.138 e. The number of halogens is 1. The van der Waals surface area contributed by atoms with Crippen LogP contribution in [0.1, 0.15) is 12.8 Å². The Morgan fingerprint density at radius 3 is 2.78 bits per heavy atom. The highest BCUT2D eigenvalue weighted by molar-refractivity contribution is 6.29. The number of hydrogen-bond acceptors (Lipinski definition) is 5. The molecule has 3 aromatic rings. The van der Waals surface area contributed by atoms with Crippen molar-refractivity contribution in [2.45, 2.75) is 12.8 Å². The third kappa shape index (κ3) is 3.33. The van der Waals surface area contributed by atoms with Crippen LogP contribution in [0.5, 0.6) is 5.75 Å². The number of rotatable bonds is 5. The molecule has 0 unspecified atom stereocenters. The van der Waals surface area contributed by atoms with Crippen molar-refractivity contribution >= 4 is 33.9 Å². The van der Waals surface area contributed by atoms with Gasteiger partial charge < -0.3 is 14.8 Å². The van der Waals surface area contributed by atoms with Gasteiger partial charge in [0.15, 0.2) is 0 Å². The standard InChI is InChI=1S/C21H20ClN3O2/c22-19-4-1-16(10-24-19)25-20-18-3-2-17(7-15(18)5-6-23-20)27-11-14-8-21(9-14)12-26-13-21/h1-7,10,14H,8-9,11-13H2,(H,23,25). The van der Waals surface area contributed by atoms with Crippen LogP contribution >= 0.6 is 11.6 Å². The summed E-state index contributed by atoms with van der Waals surface area (Å²) in [5, 5.41) is 5.89. The quantitative estimate of drug-likeness (QED) is 0.641. The van der Waals surface area contributed by atoms with Crippen LogP contribution in [-0.4, -0.2) is 29.8 Å². The van der Waals surface area contributed by atoms with Gasteiger partial charge in [0, 0.05) is 17.0 Å². The Bertz CT molecular complexity index is 965. The van der Waals surface area contributed by atoms with Crippen molar-refractivity contribution in [3.63, 3.8) is 0 Å². The Morgan fingerprint density at radius 1 is 1.15 bits per heavy atom. The zero-order chi connectivity index (χ0) is 18.3. The van der Waals surface area contributed by atoms with Gasteiger partial charge in [-0.25, -0.2) is 9.97 Å². The van der Waals surface area contributed by atoms with Crippen molar-refractivity contribution in [2.75, 3.05) is 25.1 Å². The number of nitrogens with one attached hydrogen (secondary N) is 1. The minimum atomic E-state index is 0.468. The molecule has 6 heteroatoms. The molecule has 1 aromatic carbocycles. The molecular weight excluding hydrogens is 362 g/mol. The van der Waals surface area contributed by atoms with Crippen LogP contribution in [0.25, 0.3) is 10.8 Å². The fourth-order valence-corrected chi connectivity index (χ4v) is 4.17. The van der Waals surface area contributed by atoms with Crippen LogP contribution in [0.4, 0.5) is 11.5 Å². The molecule has 1 aliphatic heterocycles. The molecule has 0 radical (unpaired) electrons. The van der Waals surface area contributed by atoms with Crippen LogP contribution in [0.15, 0.2) is 48.8 Å². The van der Waals surface area contributed by atoms with Gasteiger partial charge in [0.25, 0.3) is 0 Å². The Morgan fingerprint density at radius 2 is 2.04 bits per heavy atom. The fraction of sp³-hybridized carbons (Fsp3) is 0.333. The summed E-state index contributed by atoms with van der Waals surface area (Å²) < 4.78 is 11.4. The molecule has 2 fully saturated rings. The second-order valence-corrected chi connectivity index (χ2v) is 8.00. The fourth-order valence-electron chi connectivity index (χ4n) is 4.06. The first-order chi connectivity index (χ1) is 13.2. The first-order valence-corrected chi connectivity index (χ1v) is 9.55. The van der Waals surface area contributed by atoms with E-state index < -0.39 is 0 Å². The van der Waals surface area contributed by atoms with E-state index in [2.05, 4.69) is 21.4 Å². The van der Waals surface area contributed by atoms with E-state index in [4.69, 9.17) is 21.1 Å². The van der Waals surface area contributed by atoms with E-state index in [0.29, 0.717) is 16.5 Å². The maximum absolute atomic E-state index is 6.04. The number of anilines is 2. The monoisotopic (exact) mass is 381 g/mol. The molecule has 0 bridgehead atoms. The van der Waals surface area contributed by atoms with Gasteiger partial charge in [0.05, 0.1) is 31.7 Å². The van der Waals surface area contributed by atoms with E-state index in [1.807, 2.05) is 24.3 Å². The van der Waals surface area contributed by atoms with Gasteiger partial charge in [0.2, 0.25) is 0 Å². The predicted molar refractivity (Wildman–Crippen MR) is 106 cm³/mol. The summed E-state index contributed by atoms with van der Waals surface area (Å²) in [5.41, 5.74) is 1.33. The Kier molecular flexibility index (Phi) is 4.14. The van der Waals surface area contributed by atoms with Crippen LogP contribution in [0.3, 0.4) is 0 Å². The number of ether oxygens (including phenoxy) is 2. The molecule has 1 N–H and O–H groups in total. The van der Waals surface area contributed by atoms with Crippen LogP contribution in [-0.2, 0) is 4.74 Å². The number of hydrogen-bond donors (Lipinski definition) is 1. The molecule has 5 rings (SSSR count). The van der Waals surface area contributed by atoms with Gasteiger partial charge in [-0.2, -0.15) is 0 Å². The number of pyridine rings is 2. The van der Waals surface area contributed by atoms with Crippen molar-refractivity contribution in [3.05, 3.63) is 53.9 Å². The lowest BCUT2D eigenvalue weighted by molar-refractivity contribution is -0.182. The van der Waals surface area contributed by atoms with E-state index in [-0.39, 0.29) is 0 Å². The predicted octanol–water partition coefficient (Wildman–Crippen LogP) is 4.83. The summed E-state index contributed by atoms with van der Waals surface area (Å²) in [4.78, 5) is 8.55. The lowest BCUT2D eigenvalue weighted by Gasteiger charge is -2.53. The summed E-state index contributed by atoms with van der Waals surface area (Å²) >= 11 is 5.85. The largest absolute Gasteiger partial charge is 0.493 e. The van der Waals surface area contributed by atoms with Gasteiger partial charge in [-0.15, -0.1) is 0 Å². The van der Waals surface area contributed by atoms with Crippen molar-refractivity contribution in [2.24, 2.45) is 11.3 Å². The molecule has 5 nitrogen and oxygen atoms in total. The molecule has 0 amide bonds. The van der Waals surface area contributed by atoms with Gasteiger partial charge >= 0.3 is 0 Å². The van der Waals surface area contributed by atoms with Crippen LogP contribution < -0.4 is 10.1 Å². The van der Waals surface area contributed by atoms with E-state index >= 15 is 0 Å². The highest BCUT2D eigenvalue weighted by Crippen LogP contribution is 2.50. The summed E-state index contributed by atoms with van der Waals surface area (Å²) in [5.74, 6) is 2.34. The molecule has 1 aliphatic carbocycles. The average Bonchev–Trinajstić information content (AvgIpc) is 2.61. The Hall–Kier alpha value is -2.37. The van der Waals surface area contributed by atoms with E-state index in [0.717, 1.165) is 47.8 Å². The second kappa shape index (κ2) is 6.66. The molecule has 1 spiro atoms. The van der Waals surface area contributed by atoms with E-state index in [1.165, 1.54) is 12.8 Å². The van der Waals surface area contributed by atoms with E-state index in [9.17, 15) is 0 Å². The summed E-state index contributed by atoms with van der Waals surface area (Å²) in [6.45, 7) is 2.65. The minimum absolute atomic E-state index is 0.468. The maximum atomic E-state index is 6.04. The molecule has 1 saturated heterocycles. The zero-order valence-electron chi connectivity index (χ0n) is 14.8. The third-order valence-corrected chi connectivity index (χ3v) is 5.70. The smallest absolute Gasteiger partial charge is 0.138 e. The first kappa shape index (κ1) is 16.8. The SMILES string of the molecule is Clc1ccc(Nc2nccc3cc(OCC4CC5(COC5)C4)ccc23)cn1. The number of fused-ring (bicyclic) bond motifs is 1. The van der Waals surface area contributed by atoms with Crippen molar-refractivity contribution in [1.82, 2.24) is 9.97 Å². The Balaban J connectivity index is 1.28. The molecule has 3 heterocycles. The van der Waals surface area contributed by atoms with Gasteiger partial charge in [-0.05, 0) is 60.5 Å². The number of aromatic nitrogens is 2. The van der Waals surface area contributed by atoms with Gasteiger partial charge in [-0.1, -0.05) is 11.6 Å². The third-order valence-electron chi connectivity index (χ3n) is 5.47. The zero-order valence-corrected chi connectivity index (χ0v) is 15.6. The lowest BCUT2D eigenvalue weighted by atomic mass is 9.61. The van der Waals surface area contributed by atoms with Crippen LogP contribution in [0, 0.1) is 11.3 Å². The lowest BCUT2D eigenvalue weighted by Crippen LogP contribution is -2.53. The van der Waals surface area contributed by atoms with E-state index in [1.54, 1.807) is 18.5 Å². The molecular formula is C21H20ClN3O2. The highest BCUT2D eigenvalue weighted by Gasteiger charge is 2.49. The van der Waals surface area contributed by atoms with Crippen molar-refractivity contribution in [3.8, 4) is 5.75 Å². The topological polar surface area (TPSA) is 56.3 Å². The molecule has 138 valence electrons. The number of benzene rings is 1. The molecule has 1 saturated carbocycles. The first-order valence-electron chi connectivity index (χ1n) is 9.17. The van der Waals surface area contributed by atoms with Crippen molar-refractivity contribution < 1.29 is 9.47 Å². The second-order valence-electron chi connectivity index (χ2n) is 7.62. The summed E-state index contributed by atoms with van der Waals surface area (Å²) in [7, 11) is 0. The average molecular weight is 382 g/mol.